The molecule has 72 valence electrons. The lowest BCUT2D eigenvalue weighted by atomic mass is 9.97. The molecule has 2 heteroatoms. The highest BCUT2D eigenvalue weighted by molar-refractivity contribution is 5.68. The van der Waals surface area contributed by atoms with Crippen molar-refractivity contribution in [1.82, 2.24) is 4.98 Å². The third-order valence-corrected chi connectivity index (χ3v) is 2.42. The molecule has 1 heterocycles. The van der Waals surface area contributed by atoms with E-state index < -0.39 is 0 Å². The molecule has 0 atom stereocenters. The molecule has 0 N–H and O–H groups in total. The predicted octanol–water partition coefficient (Wildman–Crippen LogP) is 2.79. The van der Waals surface area contributed by atoms with Gasteiger partial charge in [0.25, 0.3) is 0 Å². The van der Waals surface area contributed by atoms with Gasteiger partial charge in [-0.2, -0.15) is 0 Å². The van der Waals surface area contributed by atoms with E-state index >= 15 is 0 Å². The fourth-order valence-corrected chi connectivity index (χ4v) is 1.59. The number of hydrogen-bond acceptors (Lipinski definition) is 2. The average Bonchev–Trinajstić information content (AvgIpc) is 2.30. The molecular weight excluding hydrogens is 174 g/mol. The van der Waals surface area contributed by atoms with Gasteiger partial charge in [-0.15, -0.1) is 0 Å². The Morgan fingerprint density at radius 1 is 1.14 bits per heavy atom. The van der Waals surface area contributed by atoms with E-state index in [0.717, 1.165) is 18.6 Å². The quantitative estimate of drug-likeness (QED) is 0.710. The third kappa shape index (κ3) is 1.84. The van der Waals surface area contributed by atoms with E-state index in [-0.39, 0.29) is 0 Å². The number of aromatic nitrogens is 1. The molecule has 0 bridgehead atoms. The van der Waals surface area contributed by atoms with Gasteiger partial charge in [0.1, 0.15) is 0 Å². The molecule has 1 aliphatic carbocycles. The molecular formula is C12H13NO. The van der Waals surface area contributed by atoms with Crippen LogP contribution in [-0.2, 0) is 4.74 Å². The van der Waals surface area contributed by atoms with Crippen LogP contribution >= 0.6 is 0 Å². The summed E-state index contributed by atoms with van der Waals surface area (Å²) in [5.41, 5.74) is 2.61. The Morgan fingerprint density at radius 3 is 2.50 bits per heavy atom. The Labute approximate surface area is 83.9 Å². The van der Waals surface area contributed by atoms with Gasteiger partial charge in [0.15, 0.2) is 0 Å². The summed E-state index contributed by atoms with van der Waals surface area (Å²) in [6.07, 6.45) is 9.85. The van der Waals surface area contributed by atoms with Crippen molar-refractivity contribution in [1.29, 1.82) is 0 Å². The molecule has 1 aromatic heterocycles. The molecule has 0 saturated carbocycles. The summed E-state index contributed by atoms with van der Waals surface area (Å²) < 4.78 is 5.18. The summed E-state index contributed by atoms with van der Waals surface area (Å²) in [6.45, 7) is 0. The Morgan fingerprint density at radius 2 is 1.93 bits per heavy atom. The zero-order chi connectivity index (χ0) is 9.80. The van der Waals surface area contributed by atoms with E-state index in [1.165, 1.54) is 11.1 Å². The van der Waals surface area contributed by atoms with Gasteiger partial charge in [0.05, 0.1) is 12.9 Å². The Kier molecular flexibility index (Phi) is 2.63. The number of nitrogens with zero attached hydrogens (tertiary/aromatic N) is 1. The maximum atomic E-state index is 5.18. The highest BCUT2D eigenvalue weighted by Crippen LogP contribution is 2.26. The Balaban J connectivity index is 2.22. The van der Waals surface area contributed by atoms with E-state index in [1.54, 1.807) is 7.11 Å². The molecule has 0 aromatic carbocycles. The number of pyridine rings is 1. The second kappa shape index (κ2) is 4.09. The fraction of sp³-hybridized carbons (Fsp3) is 0.250. The minimum Gasteiger partial charge on any atom is -0.501 e. The molecule has 2 rings (SSSR count). The number of hydrogen-bond donors (Lipinski definition) is 0. The minimum atomic E-state index is 0.991. The molecule has 2 nitrogen and oxygen atoms in total. The predicted molar refractivity (Wildman–Crippen MR) is 56.5 cm³/mol. The summed E-state index contributed by atoms with van der Waals surface area (Å²) in [7, 11) is 1.72. The van der Waals surface area contributed by atoms with Gasteiger partial charge in [-0.1, -0.05) is 6.08 Å². The van der Waals surface area contributed by atoms with Crippen LogP contribution < -0.4 is 0 Å². The normalized spacial score (nSPS) is 15.8. The van der Waals surface area contributed by atoms with Crippen molar-refractivity contribution < 1.29 is 4.74 Å². The topological polar surface area (TPSA) is 22.1 Å². The number of methoxy groups -OCH3 is 1. The van der Waals surface area contributed by atoms with Crippen LogP contribution in [0.25, 0.3) is 5.57 Å². The van der Waals surface area contributed by atoms with Gasteiger partial charge in [-0.3, -0.25) is 4.98 Å². The second-order valence-corrected chi connectivity index (χ2v) is 3.26. The smallest absolute Gasteiger partial charge is 0.0958 e. The van der Waals surface area contributed by atoms with Gasteiger partial charge in [-0.25, -0.2) is 0 Å². The first-order valence-corrected chi connectivity index (χ1v) is 4.74. The largest absolute Gasteiger partial charge is 0.501 e. The summed E-state index contributed by atoms with van der Waals surface area (Å²) in [5.74, 6) is 1.06. The average molecular weight is 187 g/mol. The van der Waals surface area contributed by atoms with Gasteiger partial charge in [0, 0.05) is 18.8 Å². The molecule has 0 saturated heterocycles. The van der Waals surface area contributed by atoms with Crippen molar-refractivity contribution in [3.63, 3.8) is 0 Å². The SMILES string of the molecule is COC1=CC=C(c2ccncc2)CC1. The zero-order valence-corrected chi connectivity index (χ0v) is 8.23. The van der Waals surface area contributed by atoms with E-state index in [4.69, 9.17) is 4.74 Å². The first-order chi connectivity index (χ1) is 6.90. The number of allylic oxidation sites excluding steroid dienone is 4. The molecule has 0 radical (unpaired) electrons. The van der Waals surface area contributed by atoms with Crippen LogP contribution in [0, 0.1) is 0 Å². The Bertz CT molecular complexity index is 365. The lowest BCUT2D eigenvalue weighted by Crippen LogP contribution is -1.95. The summed E-state index contributed by atoms with van der Waals surface area (Å²) in [4.78, 5) is 4.00. The molecule has 0 unspecified atom stereocenters. The molecule has 0 fully saturated rings. The minimum absolute atomic E-state index is 0.991. The van der Waals surface area contributed by atoms with Crippen molar-refractivity contribution in [2.24, 2.45) is 0 Å². The molecule has 1 aliphatic rings. The molecule has 0 spiro atoms. The second-order valence-electron chi connectivity index (χ2n) is 3.26. The van der Waals surface area contributed by atoms with Crippen LogP contribution in [0.15, 0.2) is 42.4 Å². The lowest BCUT2D eigenvalue weighted by Gasteiger charge is -2.13. The van der Waals surface area contributed by atoms with Crippen molar-refractivity contribution in [3.05, 3.63) is 48.0 Å². The number of ether oxygens (including phenoxy) is 1. The summed E-state index contributed by atoms with van der Waals surface area (Å²) in [6, 6.07) is 4.08. The molecule has 14 heavy (non-hydrogen) atoms. The lowest BCUT2D eigenvalue weighted by molar-refractivity contribution is 0.277. The van der Waals surface area contributed by atoms with Crippen LogP contribution in [-0.4, -0.2) is 12.1 Å². The Hall–Kier alpha value is -1.57. The first kappa shape index (κ1) is 9.00. The maximum absolute atomic E-state index is 5.18. The van der Waals surface area contributed by atoms with Crippen LogP contribution in [0.1, 0.15) is 18.4 Å². The van der Waals surface area contributed by atoms with Gasteiger partial charge in [-0.05, 0) is 35.8 Å². The van der Waals surface area contributed by atoms with Crippen LogP contribution in [0.5, 0.6) is 0 Å². The van der Waals surface area contributed by atoms with Crippen LogP contribution in [0.2, 0.25) is 0 Å². The van der Waals surface area contributed by atoms with Gasteiger partial charge in [0.2, 0.25) is 0 Å². The van der Waals surface area contributed by atoms with Crippen molar-refractivity contribution in [2.45, 2.75) is 12.8 Å². The maximum Gasteiger partial charge on any atom is 0.0958 e. The summed E-state index contributed by atoms with van der Waals surface area (Å²) in [5, 5.41) is 0. The van der Waals surface area contributed by atoms with E-state index in [9.17, 15) is 0 Å². The molecule has 0 aliphatic heterocycles. The van der Waals surface area contributed by atoms with E-state index in [1.807, 2.05) is 30.6 Å². The zero-order valence-electron chi connectivity index (χ0n) is 8.23. The third-order valence-electron chi connectivity index (χ3n) is 2.42. The standard InChI is InChI=1S/C12H13NO/c1-14-12-4-2-10(3-5-12)11-6-8-13-9-7-11/h2,4,6-9H,3,5H2,1H3. The number of rotatable bonds is 2. The highest BCUT2D eigenvalue weighted by Gasteiger charge is 2.07. The fourth-order valence-electron chi connectivity index (χ4n) is 1.59. The molecule has 0 amide bonds. The van der Waals surface area contributed by atoms with E-state index in [0.29, 0.717) is 0 Å². The summed E-state index contributed by atoms with van der Waals surface area (Å²) >= 11 is 0. The van der Waals surface area contributed by atoms with Crippen LogP contribution in [0.3, 0.4) is 0 Å². The van der Waals surface area contributed by atoms with Crippen molar-refractivity contribution in [2.75, 3.05) is 7.11 Å². The highest BCUT2D eigenvalue weighted by atomic mass is 16.5. The van der Waals surface area contributed by atoms with Gasteiger partial charge >= 0.3 is 0 Å². The van der Waals surface area contributed by atoms with Crippen LogP contribution in [0.4, 0.5) is 0 Å². The van der Waals surface area contributed by atoms with Crippen molar-refractivity contribution >= 4 is 5.57 Å². The first-order valence-electron chi connectivity index (χ1n) is 4.74. The van der Waals surface area contributed by atoms with Gasteiger partial charge < -0.3 is 4.74 Å². The van der Waals surface area contributed by atoms with Crippen molar-refractivity contribution in [3.8, 4) is 0 Å². The monoisotopic (exact) mass is 187 g/mol. The molecule has 1 aromatic rings. The van der Waals surface area contributed by atoms with E-state index in [2.05, 4.69) is 11.1 Å².